The van der Waals surface area contributed by atoms with E-state index in [-0.39, 0.29) is 56.0 Å². The number of carbonyl (C=O) groups is 1. The van der Waals surface area contributed by atoms with Crippen molar-refractivity contribution in [1.29, 1.82) is 0 Å². The van der Waals surface area contributed by atoms with Crippen LogP contribution in [0.25, 0.3) is 22.3 Å². The third-order valence-electron chi connectivity index (χ3n) is 6.51. The molecular formula is C26H28BN6NaO3. The number of nitrogen functional groups attached to an aromatic ring is 1. The van der Waals surface area contributed by atoms with E-state index >= 15 is 0 Å². The number of ether oxygens (including phenoxy) is 1. The number of amides is 1. The largest absolute Gasteiger partial charge is 1.00 e. The molecule has 0 aliphatic heterocycles. The van der Waals surface area contributed by atoms with Crippen LogP contribution in [-0.4, -0.2) is 52.4 Å². The van der Waals surface area contributed by atoms with Gasteiger partial charge in [0.05, 0.1) is 30.2 Å². The Labute approximate surface area is 239 Å². The van der Waals surface area contributed by atoms with Crippen molar-refractivity contribution >= 4 is 31.2 Å². The normalized spacial score (nSPS) is 16.9. The van der Waals surface area contributed by atoms with Crippen LogP contribution in [0.3, 0.4) is 0 Å². The first-order chi connectivity index (χ1) is 17.0. The number of carbonyl (C=O) groups excluding carboxylic acids is 1. The summed E-state index contributed by atoms with van der Waals surface area (Å²) in [6, 6.07) is 15.0. The van der Waals surface area contributed by atoms with Crippen molar-refractivity contribution < 1.29 is 44.2 Å². The van der Waals surface area contributed by atoms with Crippen LogP contribution in [0.2, 0.25) is 0 Å². The Balaban J connectivity index is 0.00000190. The van der Waals surface area contributed by atoms with Crippen LogP contribution in [0, 0.1) is 0 Å². The van der Waals surface area contributed by atoms with E-state index < -0.39 is 0 Å². The molecule has 4 aromatic rings. The Bertz CT molecular complexity index is 1360. The molecule has 2 aromatic carbocycles. The number of aliphatic hydroxyl groups is 1. The molecule has 2 unspecified atom stereocenters. The first kappa shape index (κ1) is 28.7. The molecule has 1 fully saturated rings. The molecule has 2 heterocycles. The zero-order chi connectivity index (χ0) is 24.4. The van der Waals surface area contributed by atoms with Gasteiger partial charge in [-0.25, -0.2) is 14.6 Å². The Morgan fingerprint density at radius 3 is 2.65 bits per heavy atom. The number of methoxy groups -OCH3 is 1. The second kappa shape index (κ2) is 12.6. The van der Waals surface area contributed by atoms with Gasteiger partial charge in [-0.15, -0.1) is 0 Å². The summed E-state index contributed by atoms with van der Waals surface area (Å²) in [7, 11) is 1.55. The molecule has 0 bridgehead atoms. The maximum Gasteiger partial charge on any atom is 1.00 e. The topological polar surface area (TPSA) is 128 Å². The maximum atomic E-state index is 12.6. The molecule has 1 aliphatic rings. The third kappa shape index (κ3) is 5.99. The van der Waals surface area contributed by atoms with E-state index in [2.05, 4.69) is 15.3 Å². The van der Waals surface area contributed by atoms with E-state index in [0.717, 1.165) is 30.4 Å². The Kier molecular flexibility index (Phi) is 9.72. The van der Waals surface area contributed by atoms with Crippen molar-refractivity contribution in [2.45, 2.75) is 44.4 Å². The molecule has 184 valence electrons. The van der Waals surface area contributed by atoms with Gasteiger partial charge in [0.15, 0.2) is 5.65 Å². The van der Waals surface area contributed by atoms with Gasteiger partial charge in [0, 0.05) is 12.1 Å². The summed E-state index contributed by atoms with van der Waals surface area (Å²) in [5.74, 6) is 0.713. The fourth-order valence-electron chi connectivity index (χ4n) is 4.70. The van der Waals surface area contributed by atoms with Crippen LogP contribution in [0.1, 0.15) is 47.6 Å². The first-order valence-electron chi connectivity index (χ1n) is 11.7. The molecule has 1 saturated carbocycles. The number of para-hydroxylation sites is 1. The van der Waals surface area contributed by atoms with Crippen LogP contribution < -0.4 is 45.3 Å². The smallest absolute Gasteiger partial charge is 1.00 e. The average Bonchev–Trinajstić information content (AvgIpc) is 3.28. The van der Waals surface area contributed by atoms with Gasteiger partial charge in [0.2, 0.25) is 0 Å². The Hall–Kier alpha value is -2.92. The standard InChI is InChI=1S/C26H28N6O3.B.Na/c1-35-21-8-3-2-7-20(21)26(34)28-14-16-9-11-17(12-10-16)23-22-24(27)29-15-30-25(22)32(31-23)18-5-4-6-19(33)13-18;;/h2-3,7-12,15,18-19,33H,4-6,13-14H2,1H3,(H,28,34)(H2,27,29,30);;/q;-1;+1. The van der Waals surface area contributed by atoms with Crippen molar-refractivity contribution in [3.8, 4) is 17.0 Å². The molecule has 1 amide bonds. The van der Waals surface area contributed by atoms with Crippen LogP contribution in [0.15, 0.2) is 54.9 Å². The summed E-state index contributed by atoms with van der Waals surface area (Å²) in [4.78, 5) is 21.2. The molecule has 4 N–H and O–H groups in total. The summed E-state index contributed by atoms with van der Waals surface area (Å²) in [6.07, 6.45) is 4.45. The fraction of sp³-hybridized carbons (Fsp3) is 0.308. The number of nitrogens with two attached hydrogens (primary N) is 1. The summed E-state index contributed by atoms with van der Waals surface area (Å²) in [6.45, 7) is 0.373. The number of benzene rings is 2. The maximum absolute atomic E-state index is 12.6. The zero-order valence-corrected chi connectivity index (χ0v) is 23.1. The number of nitrogens with one attached hydrogen (secondary N) is 1. The van der Waals surface area contributed by atoms with Crippen molar-refractivity contribution in [3.05, 3.63) is 66.0 Å². The molecule has 0 spiro atoms. The molecule has 5 rings (SSSR count). The molecule has 4 radical (unpaired) electrons. The molecule has 9 nitrogen and oxygen atoms in total. The fourth-order valence-corrected chi connectivity index (χ4v) is 4.70. The van der Waals surface area contributed by atoms with E-state index in [1.54, 1.807) is 25.3 Å². The first-order valence-corrected chi connectivity index (χ1v) is 11.7. The average molecular weight is 506 g/mol. The summed E-state index contributed by atoms with van der Waals surface area (Å²) in [5, 5.41) is 18.7. The predicted molar refractivity (Wildman–Crippen MR) is 139 cm³/mol. The van der Waals surface area contributed by atoms with Gasteiger partial charge in [-0.1, -0.05) is 36.4 Å². The minimum Gasteiger partial charge on any atom is -1.00 e. The third-order valence-corrected chi connectivity index (χ3v) is 6.51. The van der Waals surface area contributed by atoms with Crippen LogP contribution in [-0.2, 0) is 6.54 Å². The van der Waals surface area contributed by atoms with Gasteiger partial charge in [-0.3, -0.25) is 4.79 Å². The van der Waals surface area contributed by atoms with Gasteiger partial charge in [-0.2, -0.15) is 5.10 Å². The second-order valence-corrected chi connectivity index (χ2v) is 8.80. The van der Waals surface area contributed by atoms with E-state index in [4.69, 9.17) is 15.6 Å². The molecule has 2 atom stereocenters. The van der Waals surface area contributed by atoms with Crippen molar-refractivity contribution in [1.82, 2.24) is 25.1 Å². The van der Waals surface area contributed by atoms with E-state index in [9.17, 15) is 9.90 Å². The van der Waals surface area contributed by atoms with Gasteiger partial charge in [0.25, 0.3) is 5.91 Å². The Morgan fingerprint density at radius 2 is 1.92 bits per heavy atom. The second-order valence-electron chi connectivity index (χ2n) is 8.80. The summed E-state index contributed by atoms with van der Waals surface area (Å²) in [5.41, 5.74) is 9.95. The molecule has 11 heteroatoms. The number of hydrogen-bond donors (Lipinski definition) is 3. The number of anilines is 1. The summed E-state index contributed by atoms with van der Waals surface area (Å²) >= 11 is 0. The number of rotatable bonds is 6. The van der Waals surface area contributed by atoms with E-state index in [1.807, 2.05) is 35.0 Å². The quantitative estimate of drug-likeness (QED) is 0.317. The van der Waals surface area contributed by atoms with E-state index in [1.165, 1.54) is 6.33 Å². The predicted octanol–water partition coefficient (Wildman–Crippen LogP) is 0.113. The van der Waals surface area contributed by atoms with Crippen LogP contribution in [0.5, 0.6) is 5.75 Å². The minimum atomic E-state index is -0.332. The van der Waals surface area contributed by atoms with Crippen molar-refractivity contribution in [2.75, 3.05) is 12.8 Å². The molecule has 1 aliphatic carbocycles. The molecular weight excluding hydrogens is 478 g/mol. The summed E-state index contributed by atoms with van der Waals surface area (Å²) < 4.78 is 7.17. The number of hydrogen-bond acceptors (Lipinski definition) is 7. The molecule has 2 aromatic heterocycles. The van der Waals surface area contributed by atoms with E-state index in [0.29, 0.717) is 46.8 Å². The number of aliphatic hydroxyl groups excluding tert-OH is 1. The number of nitrogens with zero attached hydrogens (tertiary/aromatic N) is 4. The molecule has 37 heavy (non-hydrogen) atoms. The van der Waals surface area contributed by atoms with Gasteiger partial charge in [-0.05, 0) is 43.4 Å². The zero-order valence-electron chi connectivity index (χ0n) is 21.1. The van der Waals surface area contributed by atoms with Crippen LogP contribution in [0.4, 0.5) is 5.82 Å². The number of aromatic nitrogens is 4. The minimum absolute atomic E-state index is 0. The Morgan fingerprint density at radius 1 is 1.16 bits per heavy atom. The van der Waals surface area contributed by atoms with Crippen molar-refractivity contribution in [2.24, 2.45) is 0 Å². The van der Waals surface area contributed by atoms with Gasteiger partial charge >= 0.3 is 29.6 Å². The van der Waals surface area contributed by atoms with Crippen LogP contribution >= 0.6 is 0 Å². The monoisotopic (exact) mass is 506 g/mol. The van der Waals surface area contributed by atoms with Gasteiger partial charge < -0.3 is 29.3 Å². The van der Waals surface area contributed by atoms with Gasteiger partial charge in [0.1, 0.15) is 23.6 Å². The van der Waals surface area contributed by atoms with Crippen molar-refractivity contribution in [3.63, 3.8) is 0 Å². The molecule has 0 saturated heterocycles. The SMILES string of the molecule is COc1ccccc1C(=O)NCc1ccc(-c2nn(C3CCCC(O)C3)c3ncnc(N)c23)cc1.[B-].[Na+]. The number of fused-ring (bicyclic) bond motifs is 1.